The van der Waals surface area contributed by atoms with Crippen LogP contribution in [-0.2, 0) is 6.18 Å². The number of carbonyl (C=O) groups is 1. The van der Waals surface area contributed by atoms with E-state index in [1.807, 2.05) is 6.92 Å². The molecule has 0 saturated heterocycles. The van der Waals surface area contributed by atoms with Gasteiger partial charge in [-0.1, -0.05) is 18.2 Å². The summed E-state index contributed by atoms with van der Waals surface area (Å²) in [5, 5.41) is 8.96. The Hall–Kier alpha value is -1.47. The predicted octanol–water partition coefficient (Wildman–Crippen LogP) is 3.51. The van der Waals surface area contributed by atoms with Gasteiger partial charge in [-0.2, -0.15) is 13.2 Å². The molecule has 0 aliphatic carbocycles. The fourth-order valence-corrected chi connectivity index (χ4v) is 3.45. The lowest BCUT2D eigenvalue weighted by molar-refractivity contribution is -0.137. The van der Waals surface area contributed by atoms with Gasteiger partial charge in [-0.25, -0.2) is 0 Å². The number of benzene rings is 1. The van der Waals surface area contributed by atoms with Crippen molar-refractivity contribution in [3.8, 4) is 0 Å². The van der Waals surface area contributed by atoms with Gasteiger partial charge in [0.1, 0.15) is 0 Å². The van der Waals surface area contributed by atoms with Gasteiger partial charge in [-0.15, -0.1) is 11.8 Å². The molecule has 0 saturated carbocycles. The molecular formula is C15H16F3NO2S. The number of thioether (sulfide) groups is 1. The first-order valence-corrected chi connectivity index (χ1v) is 7.71. The summed E-state index contributed by atoms with van der Waals surface area (Å²) in [6.07, 6.45) is -4.04. The molecule has 0 amide bonds. The third kappa shape index (κ3) is 3.64. The van der Waals surface area contributed by atoms with Crippen molar-refractivity contribution in [2.24, 2.45) is 0 Å². The number of aliphatic hydroxyl groups excluding tert-OH is 1. The van der Waals surface area contributed by atoms with Gasteiger partial charge in [0.05, 0.1) is 18.0 Å². The Labute approximate surface area is 130 Å². The first kappa shape index (κ1) is 16.9. The van der Waals surface area contributed by atoms with Crippen molar-refractivity contribution >= 4 is 17.5 Å². The zero-order chi connectivity index (χ0) is 16.3. The summed E-state index contributed by atoms with van der Waals surface area (Å²) in [5.41, 5.74) is -0.357. The van der Waals surface area contributed by atoms with E-state index < -0.39 is 17.5 Å². The molecule has 0 fully saturated rings. The zero-order valence-electron chi connectivity index (χ0n) is 12.0. The molecule has 1 N–H and O–H groups in total. The fourth-order valence-electron chi connectivity index (χ4n) is 2.28. The topological polar surface area (TPSA) is 40.5 Å². The highest BCUT2D eigenvalue weighted by molar-refractivity contribution is 8.03. The van der Waals surface area contributed by atoms with E-state index >= 15 is 0 Å². The maximum Gasteiger partial charge on any atom is 0.417 e. The van der Waals surface area contributed by atoms with Gasteiger partial charge in [0, 0.05) is 29.2 Å². The minimum absolute atomic E-state index is 0.0123. The fraction of sp³-hybridized carbons (Fsp3) is 0.400. The Balaban J connectivity index is 2.18. The molecule has 0 bridgehead atoms. The number of ketones is 1. The molecule has 0 spiro atoms. The lowest BCUT2D eigenvalue weighted by atomic mass is 10.0. The van der Waals surface area contributed by atoms with Crippen molar-refractivity contribution in [3.63, 3.8) is 0 Å². The van der Waals surface area contributed by atoms with Crippen LogP contribution in [0, 0.1) is 0 Å². The predicted molar refractivity (Wildman–Crippen MR) is 79.3 cm³/mol. The number of Topliss-reactive ketones (excluding diaryl/α,β-unsaturated/α-hetero) is 1. The second kappa shape index (κ2) is 6.75. The van der Waals surface area contributed by atoms with Crippen LogP contribution in [0.15, 0.2) is 34.9 Å². The van der Waals surface area contributed by atoms with Gasteiger partial charge in [-0.3, -0.25) is 4.79 Å². The summed E-state index contributed by atoms with van der Waals surface area (Å²) < 4.78 is 38.9. The lowest BCUT2D eigenvalue weighted by Gasteiger charge is -2.19. The number of alkyl halides is 3. The average molecular weight is 331 g/mol. The van der Waals surface area contributed by atoms with E-state index in [0.717, 1.165) is 16.7 Å². The van der Waals surface area contributed by atoms with E-state index in [4.69, 9.17) is 5.11 Å². The van der Waals surface area contributed by atoms with Crippen LogP contribution >= 0.6 is 11.8 Å². The number of rotatable bonds is 5. The summed E-state index contributed by atoms with van der Waals surface area (Å²) in [6.45, 7) is 1.73. The van der Waals surface area contributed by atoms with Gasteiger partial charge >= 0.3 is 6.18 Å². The van der Waals surface area contributed by atoms with Crippen LogP contribution in [0.25, 0.3) is 0 Å². The van der Waals surface area contributed by atoms with Crippen LogP contribution in [0.4, 0.5) is 13.2 Å². The molecule has 0 radical (unpaired) electrons. The third-order valence-corrected chi connectivity index (χ3v) is 4.77. The van der Waals surface area contributed by atoms with Gasteiger partial charge in [0.25, 0.3) is 0 Å². The van der Waals surface area contributed by atoms with Crippen LogP contribution in [-0.4, -0.2) is 34.8 Å². The summed E-state index contributed by atoms with van der Waals surface area (Å²) in [7, 11) is 0. The highest BCUT2D eigenvalue weighted by atomic mass is 32.2. The zero-order valence-corrected chi connectivity index (χ0v) is 12.8. The molecule has 1 aliphatic heterocycles. The Morgan fingerprint density at radius 3 is 2.68 bits per heavy atom. The Kier molecular flexibility index (Phi) is 5.18. The van der Waals surface area contributed by atoms with E-state index in [2.05, 4.69) is 0 Å². The number of halogens is 3. The molecule has 1 aliphatic rings. The van der Waals surface area contributed by atoms with Crippen molar-refractivity contribution in [3.05, 3.63) is 46.0 Å². The highest BCUT2D eigenvalue weighted by Crippen LogP contribution is 2.35. The van der Waals surface area contributed by atoms with Crippen LogP contribution in [0.5, 0.6) is 0 Å². The molecule has 120 valence electrons. The van der Waals surface area contributed by atoms with Crippen LogP contribution in [0.1, 0.15) is 29.3 Å². The Bertz CT molecular complexity index is 599. The Morgan fingerprint density at radius 2 is 2.05 bits per heavy atom. The molecule has 7 heteroatoms. The van der Waals surface area contributed by atoms with Crippen molar-refractivity contribution in [1.82, 2.24) is 4.90 Å². The minimum atomic E-state index is -4.54. The maximum absolute atomic E-state index is 13.0. The molecule has 0 atom stereocenters. The van der Waals surface area contributed by atoms with Gasteiger partial charge in [0.2, 0.25) is 0 Å². The number of hydrogen-bond donors (Lipinski definition) is 1. The van der Waals surface area contributed by atoms with Gasteiger partial charge in [0.15, 0.2) is 5.78 Å². The molecule has 0 aromatic heterocycles. The summed E-state index contributed by atoms with van der Waals surface area (Å²) in [6, 6.07) is 4.84. The quantitative estimate of drug-likeness (QED) is 0.838. The smallest absolute Gasteiger partial charge is 0.396 e. The van der Waals surface area contributed by atoms with Crippen molar-refractivity contribution in [2.75, 3.05) is 19.0 Å². The lowest BCUT2D eigenvalue weighted by Crippen LogP contribution is -2.27. The highest BCUT2D eigenvalue weighted by Gasteiger charge is 2.35. The summed E-state index contributed by atoms with van der Waals surface area (Å²) in [4.78, 5) is 15.0. The monoisotopic (exact) mass is 331 g/mol. The maximum atomic E-state index is 13.0. The molecular weight excluding hydrogens is 315 g/mol. The van der Waals surface area contributed by atoms with Crippen molar-refractivity contribution in [2.45, 2.75) is 19.5 Å². The van der Waals surface area contributed by atoms with E-state index in [1.165, 1.54) is 30.0 Å². The molecule has 1 aromatic carbocycles. The molecule has 1 aromatic rings. The normalized spacial score (nSPS) is 15.6. The second-order valence-corrected chi connectivity index (χ2v) is 5.96. The van der Waals surface area contributed by atoms with Gasteiger partial charge in [-0.05, 0) is 13.0 Å². The SMILES string of the molecule is CC1=C(CCO)SCN1CC(=O)c1ccccc1C(F)(F)F. The average Bonchev–Trinajstić information content (AvgIpc) is 2.80. The van der Waals surface area contributed by atoms with E-state index in [9.17, 15) is 18.0 Å². The standard InChI is InChI=1S/C15H16F3NO2S/c1-10-14(6-7-20)22-9-19(10)8-13(21)11-4-2-3-5-12(11)15(16,17)18/h2-5,20H,6-9H2,1H3. The van der Waals surface area contributed by atoms with Crippen LogP contribution in [0.3, 0.4) is 0 Å². The largest absolute Gasteiger partial charge is 0.417 e. The number of aliphatic hydroxyl groups is 1. The second-order valence-electron chi connectivity index (χ2n) is 4.92. The van der Waals surface area contributed by atoms with Crippen molar-refractivity contribution in [1.29, 1.82) is 0 Å². The van der Waals surface area contributed by atoms with E-state index in [1.54, 1.807) is 4.90 Å². The molecule has 2 rings (SSSR count). The summed E-state index contributed by atoms with van der Waals surface area (Å²) >= 11 is 1.50. The minimum Gasteiger partial charge on any atom is -0.396 e. The van der Waals surface area contributed by atoms with Gasteiger partial charge < -0.3 is 10.0 Å². The van der Waals surface area contributed by atoms with E-state index in [-0.39, 0.29) is 18.7 Å². The third-order valence-electron chi connectivity index (χ3n) is 3.48. The first-order valence-electron chi connectivity index (χ1n) is 6.72. The molecule has 0 unspecified atom stereocenters. The van der Waals surface area contributed by atoms with Crippen LogP contribution < -0.4 is 0 Å². The Morgan fingerprint density at radius 1 is 1.36 bits per heavy atom. The first-order chi connectivity index (χ1) is 10.3. The van der Waals surface area contributed by atoms with Crippen molar-refractivity contribution < 1.29 is 23.1 Å². The van der Waals surface area contributed by atoms with E-state index in [0.29, 0.717) is 12.3 Å². The van der Waals surface area contributed by atoms with Crippen LogP contribution in [0.2, 0.25) is 0 Å². The number of hydrogen-bond acceptors (Lipinski definition) is 4. The number of nitrogens with zero attached hydrogens (tertiary/aromatic N) is 1. The summed E-state index contributed by atoms with van der Waals surface area (Å²) in [5.74, 6) is -0.0423. The number of carbonyl (C=O) groups excluding carboxylic acids is 1. The molecule has 1 heterocycles. The molecule has 22 heavy (non-hydrogen) atoms. The number of allylic oxidation sites excluding steroid dienone is 1. The molecule has 3 nitrogen and oxygen atoms in total.